The SMILES string of the molecule is Cc1cccc(C)c1NC(=O)CN1CCN(C(=O)COC(=O)C2CCOCC2)CC1. The van der Waals surface area contributed by atoms with E-state index in [2.05, 4.69) is 5.32 Å². The number of anilines is 1. The average molecular weight is 418 g/mol. The van der Waals surface area contributed by atoms with Crippen molar-refractivity contribution in [1.29, 1.82) is 0 Å². The predicted molar refractivity (Wildman–Crippen MR) is 112 cm³/mol. The summed E-state index contributed by atoms with van der Waals surface area (Å²) in [6.45, 7) is 7.40. The highest BCUT2D eigenvalue weighted by Crippen LogP contribution is 2.19. The first kappa shape index (κ1) is 22.2. The van der Waals surface area contributed by atoms with E-state index in [1.54, 1.807) is 4.90 Å². The monoisotopic (exact) mass is 417 g/mol. The maximum Gasteiger partial charge on any atom is 0.309 e. The summed E-state index contributed by atoms with van der Waals surface area (Å²) in [6.07, 6.45) is 1.30. The minimum Gasteiger partial charge on any atom is -0.455 e. The van der Waals surface area contributed by atoms with Gasteiger partial charge in [0.05, 0.1) is 12.5 Å². The highest BCUT2D eigenvalue weighted by molar-refractivity contribution is 5.93. The Morgan fingerprint density at radius 3 is 2.33 bits per heavy atom. The van der Waals surface area contributed by atoms with Crippen LogP contribution in [0, 0.1) is 19.8 Å². The second-order valence-corrected chi connectivity index (χ2v) is 7.97. The van der Waals surface area contributed by atoms with Gasteiger partial charge >= 0.3 is 5.97 Å². The minimum absolute atomic E-state index is 0.0578. The molecule has 2 saturated heterocycles. The van der Waals surface area contributed by atoms with Crippen molar-refractivity contribution in [1.82, 2.24) is 9.80 Å². The van der Waals surface area contributed by atoms with Crippen LogP contribution in [0.15, 0.2) is 18.2 Å². The number of piperazine rings is 1. The number of amides is 2. The summed E-state index contributed by atoms with van der Waals surface area (Å²) in [7, 11) is 0. The summed E-state index contributed by atoms with van der Waals surface area (Å²) in [4.78, 5) is 40.6. The fourth-order valence-corrected chi connectivity index (χ4v) is 3.82. The molecular weight excluding hydrogens is 386 g/mol. The van der Waals surface area contributed by atoms with E-state index in [9.17, 15) is 14.4 Å². The normalized spacial score (nSPS) is 18.1. The van der Waals surface area contributed by atoms with Crippen molar-refractivity contribution in [2.75, 3.05) is 57.9 Å². The topological polar surface area (TPSA) is 88.2 Å². The summed E-state index contributed by atoms with van der Waals surface area (Å²) >= 11 is 0. The lowest BCUT2D eigenvalue weighted by molar-refractivity contribution is -0.158. The molecule has 1 aromatic carbocycles. The number of esters is 1. The van der Waals surface area contributed by atoms with Gasteiger partial charge in [0.2, 0.25) is 5.91 Å². The van der Waals surface area contributed by atoms with E-state index < -0.39 is 0 Å². The fourth-order valence-electron chi connectivity index (χ4n) is 3.82. The van der Waals surface area contributed by atoms with Crippen LogP contribution >= 0.6 is 0 Å². The van der Waals surface area contributed by atoms with E-state index >= 15 is 0 Å². The number of ether oxygens (including phenoxy) is 2. The molecule has 0 spiro atoms. The van der Waals surface area contributed by atoms with Crippen LogP contribution in [0.5, 0.6) is 0 Å². The lowest BCUT2D eigenvalue weighted by atomic mass is 10.0. The van der Waals surface area contributed by atoms with E-state index in [0.29, 0.717) is 52.2 Å². The third-order valence-corrected chi connectivity index (χ3v) is 5.73. The predicted octanol–water partition coefficient (Wildman–Crippen LogP) is 1.36. The molecule has 2 aliphatic heterocycles. The van der Waals surface area contributed by atoms with Gasteiger partial charge in [0.25, 0.3) is 5.91 Å². The van der Waals surface area contributed by atoms with E-state index in [-0.39, 0.29) is 36.9 Å². The zero-order valence-electron chi connectivity index (χ0n) is 17.8. The highest BCUT2D eigenvalue weighted by atomic mass is 16.5. The summed E-state index contributed by atoms with van der Waals surface area (Å²) in [5.41, 5.74) is 2.94. The van der Waals surface area contributed by atoms with Gasteiger partial charge in [-0.15, -0.1) is 0 Å². The minimum atomic E-state index is -0.312. The van der Waals surface area contributed by atoms with Crippen LogP contribution in [0.2, 0.25) is 0 Å². The number of aryl methyl sites for hydroxylation is 2. The molecule has 0 unspecified atom stereocenters. The molecule has 0 atom stereocenters. The summed E-state index contributed by atoms with van der Waals surface area (Å²) in [5.74, 6) is -0.722. The van der Waals surface area contributed by atoms with Crippen molar-refractivity contribution in [3.8, 4) is 0 Å². The first-order valence-corrected chi connectivity index (χ1v) is 10.5. The first-order chi connectivity index (χ1) is 14.4. The second-order valence-electron chi connectivity index (χ2n) is 7.97. The van der Waals surface area contributed by atoms with Gasteiger partial charge in [-0.2, -0.15) is 0 Å². The molecule has 1 aromatic rings. The van der Waals surface area contributed by atoms with Crippen molar-refractivity contribution < 1.29 is 23.9 Å². The van der Waals surface area contributed by atoms with Crippen molar-refractivity contribution >= 4 is 23.5 Å². The van der Waals surface area contributed by atoms with Crippen LogP contribution in [0.1, 0.15) is 24.0 Å². The number of carbonyl (C=O) groups is 3. The average Bonchev–Trinajstić information content (AvgIpc) is 2.75. The smallest absolute Gasteiger partial charge is 0.309 e. The Hall–Kier alpha value is -2.45. The van der Waals surface area contributed by atoms with E-state index in [1.165, 1.54) is 0 Å². The Labute approximate surface area is 177 Å². The van der Waals surface area contributed by atoms with Gasteiger partial charge in [0.15, 0.2) is 6.61 Å². The second kappa shape index (κ2) is 10.5. The number of hydrogen-bond acceptors (Lipinski definition) is 6. The number of hydrogen-bond donors (Lipinski definition) is 1. The fraction of sp³-hybridized carbons (Fsp3) is 0.591. The highest BCUT2D eigenvalue weighted by Gasteiger charge is 2.26. The van der Waals surface area contributed by atoms with Crippen LogP contribution in [0.25, 0.3) is 0 Å². The van der Waals surface area contributed by atoms with Gasteiger partial charge in [0, 0.05) is 45.1 Å². The maximum absolute atomic E-state index is 12.4. The quantitative estimate of drug-likeness (QED) is 0.703. The molecule has 0 bridgehead atoms. The Morgan fingerprint density at radius 2 is 1.70 bits per heavy atom. The van der Waals surface area contributed by atoms with Gasteiger partial charge < -0.3 is 19.7 Å². The van der Waals surface area contributed by atoms with Gasteiger partial charge in [-0.05, 0) is 37.8 Å². The molecule has 2 amide bonds. The zero-order chi connectivity index (χ0) is 21.5. The van der Waals surface area contributed by atoms with E-state index in [4.69, 9.17) is 9.47 Å². The standard InChI is InChI=1S/C22H31N3O5/c1-16-4-3-5-17(2)21(16)23-19(26)14-24-8-10-25(11-9-24)20(27)15-30-22(28)18-6-12-29-13-7-18/h3-5,18H,6-15H2,1-2H3,(H,23,26). The largest absolute Gasteiger partial charge is 0.455 e. The van der Waals surface area contributed by atoms with Gasteiger partial charge in [-0.1, -0.05) is 18.2 Å². The van der Waals surface area contributed by atoms with Gasteiger partial charge in [-0.3, -0.25) is 19.3 Å². The molecule has 2 fully saturated rings. The molecule has 0 aromatic heterocycles. The summed E-state index contributed by atoms with van der Waals surface area (Å²) < 4.78 is 10.5. The molecule has 3 rings (SSSR count). The molecule has 8 nitrogen and oxygen atoms in total. The molecule has 0 radical (unpaired) electrons. The number of para-hydroxylation sites is 1. The Bertz CT molecular complexity index is 748. The Balaban J connectivity index is 1.38. The van der Waals surface area contributed by atoms with Crippen molar-refractivity contribution in [2.24, 2.45) is 5.92 Å². The lowest BCUT2D eigenvalue weighted by Crippen LogP contribution is -2.51. The van der Waals surface area contributed by atoms with Gasteiger partial charge in [0.1, 0.15) is 0 Å². The number of carbonyl (C=O) groups excluding carboxylic acids is 3. The molecule has 8 heteroatoms. The molecule has 30 heavy (non-hydrogen) atoms. The van der Waals surface area contributed by atoms with Crippen LogP contribution in [-0.2, 0) is 23.9 Å². The molecule has 0 aliphatic carbocycles. The van der Waals surface area contributed by atoms with Gasteiger partial charge in [-0.25, -0.2) is 0 Å². The molecule has 2 heterocycles. The summed E-state index contributed by atoms with van der Waals surface area (Å²) in [5, 5.41) is 3.00. The van der Waals surface area contributed by atoms with Crippen molar-refractivity contribution in [2.45, 2.75) is 26.7 Å². The third-order valence-electron chi connectivity index (χ3n) is 5.73. The Kier molecular flexibility index (Phi) is 7.81. The van der Waals surface area contributed by atoms with Crippen LogP contribution < -0.4 is 5.32 Å². The van der Waals surface area contributed by atoms with Crippen LogP contribution in [0.3, 0.4) is 0 Å². The maximum atomic E-state index is 12.4. The third kappa shape index (κ3) is 6.03. The number of benzene rings is 1. The molecule has 164 valence electrons. The lowest BCUT2D eigenvalue weighted by Gasteiger charge is -2.34. The van der Waals surface area contributed by atoms with Crippen molar-refractivity contribution in [3.63, 3.8) is 0 Å². The number of rotatable bonds is 6. The molecule has 1 N–H and O–H groups in total. The molecular formula is C22H31N3O5. The first-order valence-electron chi connectivity index (χ1n) is 10.5. The summed E-state index contributed by atoms with van der Waals surface area (Å²) in [6, 6.07) is 5.92. The van der Waals surface area contributed by atoms with Crippen molar-refractivity contribution in [3.05, 3.63) is 29.3 Å². The number of nitrogens with zero attached hydrogens (tertiary/aromatic N) is 2. The molecule has 2 aliphatic rings. The van der Waals surface area contributed by atoms with Crippen LogP contribution in [-0.4, -0.2) is 80.1 Å². The van der Waals surface area contributed by atoms with E-state index in [0.717, 1.165) is 16.8 Å². The Morgan fingerprint density at radius 1 is 1.07 bits per heavy atom. The molecule has 0 saturated carbocycles. The zero-order valence-corrected chi connectivity index (χ0v) is 17.8. The van der Waals surface area contributed by atoms with E-state index in [1.807, 2.05) is 36.9 Å². The number of nitrogens with one attached hydrogen (secondary N) is 1. The van der Waals surface area contributed by atoms with Crippen LogP contribution in [0.4, 0.5) is 5.69 Å².